The molecule has 2 aliphatic rings. The Balaban J connectivity index is 1.47. The van der Waals surface area contributed by atoms with Gasteiger partial charge in [-0.3, -0.25) is 14.9 Å². The Bertz CT molecular complexity index is 929. The van der Waals surface area contributed by atoms with E-state index in [1.54, 1.807) is 15.9 Å². The summed E-state index contributed by atoms with van der Waals surface area (Å²) in [4.78, 5) is 41.0. The summed E-state index contributed by atoms with van der Waals surface area (Å²) in [5, 5.41) is 6.38. The lowest BCUT2D eigenvalue weighted by Gasteiger charge is -2.42. The molecule has 152 valence electrons. The van der Waals surface area contributed by atoms with Gasteiger partial charge < -0.3 is 14.3 Å². The molecule has 0 saturated carbocycles. The summed E-state index contributed by atoms with van der Waals surface area (Å²) in [5.74, 6) is 0.287. The Morgan fingerprint density at radius 1 is 1.21 bits per heavy atom. The van der Waals surface area contributed by atoms with E-state index in [2.05, 4.69) is 10.5 Å². The van der Waals surface area contributed by atoms with Crippen LogP contribution in [0.2, 0.25) is 0 Å². The quantitative estimate of drug-likeness (QED) is 0.801. The second-order valence-corrected chi connectivity index (χ2v) is 8.03. The van der Waals surface area contributed by atoms with E-state index in [0.29, 0.717) is 38.2 Å². The molecule has 4 amide bonds. The third-order valence-electron chi connectivity index (χ3n) is 5.62. The van der Waals surface area contributed by atoms with E-state index in [4.69, 9.17) is 4.52 Å². The van der Waals surface area contributed by atoms with Crippen molar-refractivity contribution in [2.45, 2.75) is 32.2 Å². The molecule has 2 aromatic rings. The molecule has 2 aliphatic heterocycles. The molecule has 8 heteroatoms. The minimum absolute atomic E-state index is 0.231. The van der Waals surface area contributed by atoms with Crippen LogP contribution in [0.1, 0.15) is 37.2 Å². The van der Waals surface area contributed by atoms with Crippen molar-refractivity contribution >= 4 is 17.8 Å². The van der Waals surface area contributed by atoms with Gasteiger partial charge in [-0.25, -0.2) is 4.79 Å². The maximum absolute atomic E-state index is 12.9. The molecule has 1 aromatic carbocycles. The fraction of sp³-hybridized carbons (Fsp3) is 0.429. The summed E-state index contributed by atoms with van der Waals surface area (Å²) in [7, 11) is 0. The van der Waals surface area contributed by atoms with E-state index in [0.717, 1.165) is 5.56 Å². The average molecular weight is 396 g/mol. The Labute approximate surface area is 168 Å². The van der Waals surface area contributed by atoms with E-state index in [1.165, 1.54) is 0 Å². The topological polar surface area (TPSA) is 95.8 Å². The summed E-state index contributed by atoms with van der Waals surface area (Å²) in [6.07, 6.45) is 0.818. The molecule has 1 N–H and O–H groups in total. The number of aromatic nitrogens is 1. The van der Waals surface area contributed by atoms with Gasteiger partial charge in [0.25, 0.3) is 11.8 Å². The minimum atomic E-state index is -0.864. The van der Waals surface area contributed by atoms with Crippen molar-refractivity contribution in [2.24, 2.45) is 5.92 Å². The van der Waals surface area contributed by atoms with Crippen molar-refractivity contribution in [2.75, 3.05) is 19.6 Å². The van der Waals surface area contributed by atoms with Gasteiger partial charge in [-0.1, -0.05) is 49.3 Å². The molecule has 4 rings (SSSR count). The largest absolute Gasteiger partial charge is 0.355 e. The number of urea groups is 1. The molecule has 8 nitrogen and oxygen atoms in total. The lowest BCUT2D eigenvalue weighted by Crippen LogP contribution is -2.58. The number of nitrogens with zero attached hydrogens (tertiary/aromatic N) is 3. The molecule has 0 atom stereocenters. The second kappa shape index (κ2) is 7.35. The Kier molecular flexibility index (Phi) is 4.86. The lowest BCUT2D eigenvalue weighted by atomic mass is 9.85. The molecular formula is C21H24N4O4. The van der Waals surface area contributed by atoms with Crippen LogP contribution in [0, 0.1) is 5.92 Å². The summed E-state index contributed by atoms with van der Waals surface area (Å²) >= 11 is 0. The van der Waals surface area contributed by atoms with E-state index < -0.39 is 5.54 Å². The van der Waals surface area contributed by atoms with Crippen molar-refractivity contribution in [3.63, 3.8) is 0 Å². The molecule has 1 spiro atoms. The molecule has 0 bridgehead atoms. The molecule has 1 aromatic heterocycles. The highest BCUT2D eigenvalue weighted by atomic mass is 16.5. The monoisotopic (exact) mass is 396 g/mol. The van der Waals surface area contributed by atoms with Gasteiger partial charge in [-0.15, -0.1) is 0 Å². The van der Waals surface area contributed by atoms with Gasteiger partial charge in [0.1, 0.15) is 5.54 Å². The van der Waals surface area contributed by atoms with Gasteiger partial charge >= 0.3 is 6.03 Å². The number of imide groups is 1. The van der Waals surface area contributed by atoms with Crippen LogP contribution in [0.5, 0.6) is 0 Å². The van der Waals surface area contributed by atoms with Crippen LogP contribution in [0.25, 0.3) is 11.3 Å². The predicted molar refractivity (Wildman–Crippen MR) is 105 cm³/mol. The van der Waals surface area contributed by atoms with Crippen LogP contribution < -0.4 is 5.32 Å². The fourth-order valence-electron chi connectivity index (χ4n) is 4.07. The van der Waals surface area contributed by atoms with Crippen LogP contribution in [0.3, 0.4) is 0 Å². The number of rotatable bonds is 4. The zero-order chi connectivity index (χ0) is 20.6. The molecular weight excluding hydrogens is 372 g/mol. The maximum Gasteiger partial charge on any atom is 0.325 e. The van der Waals surface area contributed by atoms with Gasteiger partial charge in [0.2, 0.25) is 0 Å². The Morgan fingerprint density at radius 2 is 1.90 bits per heavy atom. The summed E-state index contributed by atoms with van der Waals surface area (Å²) in [6.45, 7) is 5.28. The number of amides is 4. The van der Waals surface area contributed by atoms with Crippen LogP contribution >= 0.6 is 0 Å². The van der Waals surface area contributed by atoms with Gasteiger partial charge in [0, 0.05) is 31.3 Å². The van der Waals surface area contributed by atoms with E-state index >= 15 is 0 Å². The third-order valence-corrected chi connectivity index (χ3v) is 5.62. The first-order chi connectivity index (χ1) is 13.9. The van der Waals surface area contributed by atoms with E-state index in [9.17, 15) is 14.4 Å². The van der Waals surface area contributed by atoms with E-state index in [-0.39, 0.29) is 29.5 Å². The molecule has 2 saturated heterocycles. The SMILES string of the molecule is CC(C)CN1C(=O)NC(=O)C12CCN(C(=O)c1cc(-c3ccccc3)on1)CC2. The van der Waals surface area contributed by atoms with Crippen LogP contribution in [-0.4, -0.2) is 58.0 Å². The molecule has 29 heavy (non-hydrogen) atoms. The molecule has 0 aliphatic carbocycles. The fourth-order valence-corrected chi connectivity index (χ4v) is 4.07. The number of benzene rings is 1. The molecule has 0 radical (unpaired) electrons. The summed E-state index contributed by atoms with van der Waals surface area (Å²) in [5.41, 5.74) is 0.227. The highest BCUT2D eigenvalue weighted by molar-refractivity contribution is 6.07. The Morgan fingerprint density at radius 3 is 2.55 bits per heavy atom. The van der Waals surface area contributed by atoms with Crippen LogP contribution in [-0.2, 0) is 4.79 Å². The van der Waals surface area contributed by atoms with Gasteiger partial charge in [0.05, 0.1) is 0 Å². The standard InChI is InChI=1S/C21H24N4O4/c1-14(2)13-25-20(28)22-19(27)21(25)8-10-24(11-9-21)18(26)16-12-17(29-23-16)15-6-4-3-5-7-15/h3-7,12,14H,8-11,13H2,1-2H3,(H,22,27,28). The van der Waals surface area contributed by atoms with E-state index in [1.807, 2.05) is 44.2 Å². The molecule has 2 fully saturated rings. The highest BCUT2D eigenvalue weighted by Gasteiger charge is 2.54. The van der Waals surface area contributed by atoms with Crippen LogP contribution in [0.15, 0.2) is 40.9 Å². The maximum atomic E-state index is 12.9. The second-order valence-electron chi connectivity index (χ2n) is 8.03. The lowest BCUT2D eigenvalue weighted by molar-refractivity contribution is -0.129. The smallest absolute Gasteiger partial charge is 0.325 e. The zero-order valence-electron chi connectivity index (χ0n) is 16.6. The minimum Gasteiger partial charge on any atom is -0.355 e. The van der Waals surface area contributed by atoms with Gasteiger partial charge in [0.15, 0.2) is 11.5 Å². The van der Waals surface area contributed by atoms with Crippen molar-refractivity contribution in [1.82, 2.24) is 20.3 Å². The first kappa shape index (κ1) is 19.2. The van der Waals surface area contributed by atoms with Gasteiger partial charge in [-0.05, 0) is 18.8 Å². The summed E-state index contributed by atoms with van der Waals surface area (Å²) < 4.78 is 5.33. The summed E-state index contributed by atoms with van der Waals surface area (Å²) in [6, 6.07) is 10.8. The molecule has 3 heterocycles. The third kappa shape index (κ3) is 3.39. The number of nitrogens with one attached hydrogen (secondary N) is 1. The predicted octanol–water partition coefficient (Wildman–Crippen LogP) is 2.52. The number of hydrogen-bond acceptors (Lipinski definition) is 5. The van der Waals surface area contributed by atoms with Gasteiger partial charge in [-0.2, -0.15) is 0 Å². The number of hydrogen-bond donors (Lipinski definition) is 1. The highest BCUT2D eigenvalue weighted by Crippen LogP contribution is 2.34. The zero-order valence-corrected chi connectivity index (χ0v) is 16.6. The Hall–Kier alpha value is -3.16. The first-order valence-electron chi connectivity index (χ1n) is 9.85. The number of carbonyl (C=O) groups excluding carboxylic acids is 3. The first-order valence-corrected chi connectivity index (χ1v) is 9.85. The molecule has 0 unspecified atom stereocenters. The van der Waals surface area contributed by atoms with Crippen molar-refractivity contribution in [3.05, 3.63) is 42.1 Å². The van der Waals surface area contributed by atoms with Crippen molar-refractivity contribution in [1.29, 1.82) is 0 Å². The number of carbonyl (C=O) groups is 3. The van der Waals surface area contributed by atoms with Crippen LogP contribution in [0.4, 0.5) is 4.79 Å². The number of piperidine rings is 1. The van der Waals surface area contributed by atoms with Crippen molar-refractivity contribution in [3.8, 4) is 11.3 Å². The number of likely N-dealkylation sites (tertiary alicyclic amines) is 1. The van der Waals surface area contributed by atoms with Crippen molar-refractivity contribution < 1.29 is 18.9 Å². The average Bonchev–Trinajstić information content (AvgIpc) is 3.29. The normalized spacial score (nSPS) is 18.6.